The lowest BCUT2D eigenvalue weighted by molar-refractivity contribution is -0.137. The molecule has 1 fully saturated rings. The maximum atomic E-state index is 13.2. The highest BCUT2D eigenvalue weighted by molar-refractivity contribution is 7.99. The SMILES string of the molecule is O=C(CSc1nnc(-c2ccc(Cl)cc2)o1)Nc1cc(C(F)(F)F)ccc1N1CCCC1. The molecule has 4 rings (SSSR count). The first-order chi connectivity index (χ1) is 15.3. The zero-order valence-corrected chi connectivity index (χ0v) is 18.2. The minimum Gasteiger partial charge on any atom is -0.411 e. The Morgan fingerprint density at radius 3 is 2.53 bits per heavy atom. The molecule has 1 aromatic heterocycles. The average molecular weight is 483 g/mol. The highest BCUT2D eigenvalue weighted by Gasteiger charge is 2.32. The van der Waals surface area contributed by atoms with Gasteiger partial charge in [0.05, 0.1) is 22.7 Å². The van der Waals surface area contributed by atoms with E-state index in [0.29, 0.717) is 16.3 Å². The molecule has 2 aromatic carbocycles. The summed E-state index contributed by atoms with van der Waals surface area (Å²) in [6, 6.07) is 10.3. The van der Waals surface area contributed by atoms with Gasteiger partial charge in [-0.1, -0.05) is 23.4 Å². The van der Waals surface area contributed by atoms with Gasteiger partial charge < -0.3 is 14.6 Å². The Bertz CT molecular complexity index is 1100. The summed E-state index contributed by atoms with van der Waals surface area (Å²) in [4.78, 5) is 14.5. The topological polar surface area (TPSA) is 71.3 Å². The van der Waals surface area contributed by atoms with Gasteiger partial charge in [-0.15, -0.1) is 10.2 Å². The molecule has 0 bridgehead atoms. The van der Waals surface area contributed by atoms with Gasteiger partial charge in [-0.2, -0.15) is 13.2 Å². The van der Waals surface area contributed by atoms with Crippen molar-refractivity contribution in [2.24, 2.45) is 0 Å². The molecule has 0 radical (unpaired) electrons. The van der Waals surface area contributed by atoms with E-state index in [0.717, 1.165) is 49.8 Å². The fourth-order valence-corrected chi connectivity index (χ4v) is 4.03. The Morgan fingerprint density at radius 1 is 1.12 bits per heavy atom. The number of carbonyl (C=O) groups is 1. The van der Waals surface area contributed by atoms with Crippen molar-refractivity contribution >= 4 is 40.6 Å². The summed E-state index contributed by atoms with van der Waals surface area (Å²) in [5.41, 5.74) is 0.585. The van der Waals surface area contributed by atoms with Crippen LogP contribution in [0.1, 0.15) is 18.4 Å². The summed E-state index contributed by atoms with van der Waals surface area (Å²) in [7, 11) is 0. The Morgan fingerprint density at radius 2 is 1.84 bits per heavy atom. The van der Waals surface area contributed by atoms with Gasteiger partial charge in [-0.05, 0) is 55.3 Å². The first kappa shape index (κ1) is 22.5. The predicted molar refractivity (Wildman–Crippen MR) is 117 cm³/mol. The minimum atomic E-state index is -4.50. The third kappa shape index (κ3) is 5.36. The standard InChI is InChI=1S/C21H18ClF3N4O2S/c22-15-6-3-13(4-7-15)19-27-28-20(31-19)32-12-18(30)26-16-11-14(21(23,24)25)5-8-17(16)29-9-1-2-10-29/h3-8,11H,1-2,9-10,12H2,(H,26,30). The molecule has 1 aliphatic heterocycles. The maximum absolute atomic E-state index is 13.2. The molecule has 6 nitrogen and oxygen atoms in total. The second kappa shape index (κ2) is 9.41. The molecule has 0 saturated carbocycles. The number of hydrogen-bond donors (Lipinski definition) is 1. The van der Waals surface area contributed by atoms with Crippen LogP contribution in [-0.4, -0.2) is 34.9 Å². The van der Waals surface area contributed by atoms with Gasteiger partial charge in [0.25, 0.3) is 5.22 Å². The zero-order chi connectivity index (χ0) is 22.7. The molecule has 2 heterocycles. The number of alkyl halides is 3. The van der Waals surface area contributed by atoms with Crippen LogP contribution >= 0.6 is 23.4 Å². The lowest BCUT2D eigenvalue weighted by Crippen LogP contribution is -2.22. The molecule has 0 atom stereocenters. The van der Waals surface area contributed by atoms with E-state index in [4.69, 9.17) is 16.0 Å². The molecule has 1 N–H and O–H groups in total. The zero-order valence-electron chi connectivity index (χ0n) is 16.7. The number of anilines is 2. The van der Waals surface area contributed by atoms with Gasteiger partial charge in [0.2, 0.25) is 11.8 Å². The lowest BCUT2D eigenvalue weighted by Gasteiger charge is -2.22. The fraction of sp³-hybridized carbons (Fsp3) is 0.286. The first-order valence-corrected chi connectivity index (χ1v) is 11.1. The number of nitrogens with one attached hydrogen (secondary N) is 1. The highest BCUT2D eigenvalue weighted by atomic mass is 35.5. The van der Waals surface area contributed by atoms with E-state index in [-0.39, 0.29) is 22.6 Å². The number of hydrogen-bond acceptors (Lipinski definition) is 6. The molecule has 1 aliphatic rings. The van der Waals surface area contributed by atoms with Crippen molar-refractivity contribution in [1.82, 2.24) is 10.2 Å². The van der Waals surface area contributed by atoms with Gasteiger partial charge >= 0.3 is 6.18 Å². The molecule has 3 aromatic rings. The Balaban J connectivity index is 1.44. The van der Waals surface area contributed by atoms with E-state index < -0.39 is 17.6 Å². The quantitative estimate of drug-likeness (QED) is 0.452. The number of amides is 1. The van der Waals surface area contributed by atoms with Crippen molar-refractivity contribution in [2.45, 2.75) is 24.2 Å². The average Bonchev–Trinajstić information content (AvgIpc) is 3.44. The monoisotopic (exact) mass is 482 g/mol. The van der Waals surface area contributed by atoms with Crippen LogP contribution in [0, 0.1) is 0 Å². The molecular weight excluding hydrogens is 465 g/mol. The molecule has 11 heteroatoms. The van der Waals surface area contributed by atoms with E-state index in [2.05, 4.69) is 15.5 Å². The summed E-state index contributed by atoms with van der Waals surface area (Å²) in [5, 5.41) is 11.2. The molecule has 1 amide bonds. The molecule has 0 spiro atoms. The second-order valence-electron chi connectivity index (χ2n) is 7.14. The Hall–Kier alpha value is -2.72. The van der Waals surface area contributed by atoms with Crippen molar-refractivity contribution < 1.29 is 22.4 Å². The maximum Gasteiger partial charge on any atom is 0.416 e. The number of halogens is 4. The van der Waals surface area contributed by atoms with Gasteiger partial charge in [-0.3, -0.25) is 4.79 Å². The van der Waals surface area contributed by atoms with E-state index in [1.807, 2.05) is 4.90 Å². The predicted octanol–water partition coefficient (Wildman–Crippen LogP) is 5.74. The van der Waals surface area contributed by atoms with Crippen LogP contribution in [0.4, 0.5) is 24.5 Å². The number of carbonyl (C=O) groups excluding carboxylic acids is 1. The second-order valence-corrected chi connectivity index (χ2v) is 8.50. The molecule has 1 saturated heterocycles. The number of rotatable bonds is 6. The lowest BCUT2D eigenvalue weighted by atomic mass is 10.1. The van der Waals surface area contributed by atoms with Crippen LogP contribution in [-0.2, 0) is 11.0 Å². The van der Waals surface area contributed by atoms with E-state index in [9.17, 15) is 18.0 Å². The first-order valence-electron chi connectivity index (χ1n) is 9.78. The van der Waals surface area contributed by atoms with E-state index in [1.54, 1.807) is 24.3 Å². The summed E-state index contributed by atoms with van der Waals surface area (Å²) >= 11 is 6.86. The van der Waals surface area contributed by atoms with Crippen molar-refractivity contribution in [3.8, 4) is 11.5 Å². The molecule has 32 heavy (non-hydrogen) atoms. The molecule has 0 unspecified atom stereocenters. The van der Waals surface area contributed by atoms with Crippen LogP contribution in [0.3, 0.4) is 0 Å². The largest absolute Gasteiger partial charge is 0.416 e. The van der Waals surface area contributed by atoms with Crippen LogP contribution < -0.4 is 10.2 Å². The summed E-state index contributed by atoms with van der Waals surface area (Å²) in [5.74, 6) is -0.294. The summed E-state index contributed by atoms with van der Waals surface area (Å²) < 4.78 is 45.1. The Labute approximate surface area is 191 Å². The summed E-state index contributed by atoms with van der Waals surface area (Å²) in [6.45, 7) is 1.47. The normalized spacial score (nSPS) is 14.1. The van der Waals surface area contributed by atoms with Gasteiger partial charge in [0, 0.05) is 23.7 Å². The van der Waals surface area contributed by atoms with Crippen LogP contribution in [0.25, 0.3) is 11.5 Å². The smallest absolute Gasteiger partial charge is 0.411 e. The van der Waals surface area contributed by atoms with Crippen LogP contribution in [0.2, 0.25) is 5.02 Å². The van der Waals surface area contributed by atoms with Crippen molar-refractivity contribution in [2.75, 3.05) is 29.1 Å². The van der Waals surface area contributed by atoms with Crippen molar-refractivity contribution in [3.63, 3.8) is 0 Å². The summed E-state index contributed by atoms with van der Waals surface area (Å²) in [6.07, 6.45) is -2.59. The molecule has 168 valence electrons. The number of aromatic nitrogens is 2. The highest BCUT2D eigenvalue weighted by Crippen LogP contribution is 2.36. The third-order valence-electron chi connectivity index (χ3n) is 4.87. The van der Waals surface area contributed by atoms with E-state index >= 15 is 0 Å². The molecule has 0 aliphatic carbocycles. The number of nitrogens with zero attached hydrogens (tertiary/aromatic N) is 3. The fourth-order valence-electron chi connectivity index (χ4n) is 3.34. The van der Waals surface area contributed by atoms with Crippen molar-refractivity contribution in [1.29, 1.82) is 0 Å². The number of benzene rings is 2. The van der Waals surface area contributed by atoms with Crippen molar-refractivity contribution in [3.05, 3.63) is 53.1 Å². The van der Waals surface area contributed by atoms with E-state index in [1.165, 1.54) is 6.07 Å². The third-order valence-corrected chi connectivity index (χ3v) is 5.94. The van der Waals surface area contributed by atoms with Crippen LogP contribution in [0.5, 0.6) is 0 Å². The van der Waals surface area contributed by atoms with Gasteiger partial charge in [-0.25, -0.2) is 0 Å². The van der Waals surface area contributed by atoms with Gasteiger partial charge in [0.1, 0.15) is 0 Å². The van der Waals surface area contributed by atoms with Gasteiger partial charge in [0.15, 0.2) is 0 Å². The molecular formula is C21H18ClF3N4O2S. The number of thioether (sulfide) groups is 1. The minimum absolute atomic E-state index is 0.0993. The van der Waals surface area contributed by atoms with Crippen LogP contribution in [0.15, 0.2) is 52.1 Å². The Kier molecular flexibility index (Phi) is 6.61.